The first kappa shape index (κ1) is 21.9. The van der Waals surface area contributed by atoms with Crippen LogP contribution in [-0.2, 0) is 6.42 Å². The molecule has 2 aliphatic heterocycles. The quantitative estimate of drug-likeness (QED) is 0.459. The van der Waals surface area contributed by atoms with Crippen LogP contribution in [-0.4, -0.2) is 27.7 Å². The average Bonchev–Trinajstić information content (AvgIpc) is 3.41. The molecule has 6 rings (SSSR count). The summed E-state index contributed by atoms with van der Waals surface area (Å²) in [6.07, 6.45) is 5.12. The van der Waals surface area contributed by atoms with E-state index in [2.05, 4.69) is 4.99 Å². The van der Waals surface area contributed by atoms with Gasteiger partial charge in [-0.05, 0) is 69.4 Å². The number of nitriles is 1. The highest BCUT2D eigenvalue weighted by atomic mass is 19.3. The minimum atomic E-state index is -3.38. The lowest BCUT2D eigenvalue weighted by atomic mass is 9.73. The first-order chi connectivity index (χ1) is 16.8. The summed E-state index contributed by atoms with van der Waals surface area (Å²) in [5.74, 6) is -4.43. The van der Waals surface area contributed by atoms with Crippen molar-refractivity contribution in [3.05, 3.63) is 93.6 Å². The molecule has 0 spiro atoms. The van der Waals surface area contributed by atoms with Crippen molar-refractivity contribution in [3.8, 4) is 6.07 Å². The normalized spacial score (nSPS) is 27.5. The number of aliphatic hydroxyl groups is 1. The molecule has 0 bridgehead atoms. The van der Waals surface area contributed by atoms with Crippen molar-refractivity contribution in [1.29, 1.82) is 5.26 Å². The maximum Gasteiger partial charge on any atom is 0.314 e. The fourth-order valence-corrected chi connectivity index (χ4v) is 5.94. The first-order valence-corrected chi connectivity index (χ1v) is 11.4. The monoisotopic (exact) mass is 478 g/mol. The van der Waals surface area contributed by atoms with E-state index in [1.165, 1.54) is 0 Å². The SMILES string of the molecule is N#Cc1cc(F)cc2c1[C@@H](c1ccc(C3C=CC=[N+]4C=CN=C34)c3c1CC(F)(F)[C@H]3O)CC[C@@H]2F. The maximum absolute atomic E-state index is 15.0. The number of aliphatic imine (C=N–C) groups is 1. The van der Waals surface area contributed by atoms with Crippen LogP contribution in [0, 0.1) is 17.1 Å². The van der Waals surface area contributed by atoms with Gasteiger partial charge < -0.3 is 5.11 Å². The zero-order valence-electron chi connectivity index (χ0n) is 18.4. The van der Waals surface area contributed by atoms with E-state index in [9.17, 15) is 27.9 Å². The molecule has 0 radical (unpaired) electrons. The Morgan fingerprint density at radius 3 is 2.71 bits per heavy atom. The number of halogens is 4. The average molecular weight is 478 g/mol. The van der Waals surface area contributed by atoms with E-state index in [4.69, 9.17) is 0 Å². The number of benzene rings is 2. The fourth-order valence-electron chi connectivity index (χ4n) is 5.94. The van der Waals surface area contributed by atoms with Gasteiger partial charge in [0.05, 0.1) is 17.8 Å². The van der Waals surface area contributed by atoms with Crippen LogP contribution in [0.1, 0.15) is 75.9 Å². The van der Waals surface area contributed by atoms with Gasteiger partial charge in [0.1, 0.15) is 30.2 Å². The molecule has 1 unspecified atom stereocenters. The van der Waals surface area contributed by atoms with Crippen molar-refractivity contribution in [3.63, 3.8) is 0 Å². The molecule has 2 aromatic rings. The molecule has 0 aromatic heterocycles. The smallest absolute Gasteiger partial charge is 0.314 e. The van der Waals surface area contributed by atoms with Gasteiger partial charge >= 0.3 is 5.84 Å². The van der Waals surface area contributed by atoms with Gasteiger partial charge in [0.25, 0.3) is 5.92 Å². The van der Waals surface area contributed by atoms with E-state index < -0.39 is 42.3 Å². The number of nitrogens with zero attached hydrogens (tertiary/aromatic N) is 3. The molecular weight excluding hydrogens is 458 g/mol. The number of hydrogen-bond donors (Lipinski definition) is 1. The minimum Gasteiger partial charge on any atom is -0.382 e. The van der Waals surface area contributed by atoms with Crippen LogP contribution in [0.3, 0.4) is 0 Å². The molecule has 176 valence electrons. The van der Waals surface area contributed by atoms with Gasteiger partial charge in [0.2, 0.25) is 0 Å². The molecule has 4 aliphatic rings. The Morgan fingerprint density at radius 2 is 1.91 bits per heavy atom. The molecule has 0 amide bonds. The van der Waals surface area contributed by atoms with E-state index in [1.54, 1.807) is 29.1 Å². The standard InChI is InChI=1S/C27H20F4N3O/c28-15-10-14(13-32)23-17(5-6-22(29)20(23)11-15)16-3-4-18(24-21(16)12-27(30,31)25(24)35)19-2-1-8-34-9-7-33-26(19)34/h1-4,7-11,17,19,22,25,35H,5-6,12H2/q+1/t17-,19?,22+,25+/m1/s1. The van der Waals surface area contributed by atoms with Crippen LogP contribution in [0.2, 0.25) is 0 Å². The highest BCUT2D eigenvalue weighted by Crippen LogP contribution is 2.52. The van der Waals surface area contributed by atoms with Crippen LogP contribution in [0.25, 0.3) is 0 Å². The highest BCUT2D eigenvalue weighted by molar-refractivity contribution is 5.93. The summed E-state index contributed by atoms with van der Waals surface area (Å²) < 4.78 is 60.6. The van der Waals surface area contributed by atoms with Gasteiger partial charge in [0, 0.05) is 12.3 Å². The van der Waals surface area contributed by atoms with Gasteiger partial charge in [0.15, 0.2) is 6.20 Å². The van der Waals surface area contributed by atoms with E-state index in [0.717, 1.165) is 12.1 Å². The Bertz CT molecular complexity index is 1430. The van der Waals surface area contributed by atoms with Crippen molar-refractivity contribution in [1.82, 2.24) is 0 Å². The Morgan fingerprint density at radius 1 is 1.11 bits per heavy atom. The van der Waals surface area contributed by atoms with Crippen LogP contribution in [0.15, 0.2) is 53.8 Å². The zero-order chi connectivity index (χ0) is 24.5. The number of hydrogen-bond acceptors (Lipinski definition) is 3. The topological polar surface area (TPSA) is 59.4 Å². The minimum absolute atomic E-state index is 0.00302. The number of fused-ring (bicyclic) bond motifs is 3. The van der Waals surface area contributed by atoms with Gasteiger partial charge in [-0.2, -0.15) is 5.26 Å². The predicted octanol–water partition coefficient (Wildman–Crippen LogP) is 5.48. The third kappa shape index (κ3) is 3.22. The van der Waals surface area contributed by atoms with Gasteiger partial charge in [-0.1, -0.05) is 18.2 Å². The van der Waals surface area contributed by atoms with Crippen molar-refractivity contribution >= 4 is 12.1 Å². The second-order valence-corrected chi connectivity index (χ2v) is 9.35. The lowest BCUT2D eigenvalue weighted by Crippen LogP contribution is -2.26. The van der Waals surface area contributed by atoms with Crippen LogP contribution < -0.4 is 0 Å². The van der Waals surface area contributed by atoms with Gasteiger partial charge in [-0.3, -0.25) is 0 Å². The summed E-state index contributed by atoms with van der Waals surface area (Å²) in [5.41, 5.74) is 1.95. The second-order valence-electron chi connectivity index (χ2n) is 9.35. The molecule has 4 nitrogen and oxygen atoms in total. The summed E-state index contributed by atoms with van der Waals surface area (Å²) in [5, 5.41) is 20.4. The van der Waals surface area contributed by atoms with Gasteiger partial charge in [-0.15, -0.1) is 0 Å². The van der Waals surface area contributed by atoms with E-state index >= 15 is 0 Å². The van der Waals surface area contributed by atoms with Crippen LogP contribution in [0.4, 0.5) is 17.6 Å². The van der Waals surface area contributed by atoms with Crippen molar-refractivity contribution in [2.75, 3.05) is 0 Å². The number of alkyl halides is 3. The van der Waals surface area contributed by atoms with Gasteiger partial charge in [-0.25, -0.2) is 22.1 Å². The second kappa shape index (κ2) is 7.72. The third-order valence-electron chi connectivity index (χ3n) is 7.44. The molecule has 8 heteroatoms. The molecular formula is C27H20F4N3O+. The molecule has 2 heterocycles. The molecule has 2 aliphatic carbocycles. The lowest BCUT2D eigenvalue weighted by molar-refractivity contribution is -0.318. The Hall–Kier alpha value is -3.57. The number of amidine groups is 1. The predicted molar refractivity (Wildman–Crippen MR) is 121 cm³/mol. The molecule has 1 N–H and O–H groups in total. The first-order valence-electron chi connectivity index (χ1n) is 11.4. The van der Waals surface area contributed by atoms with Crippen molar-refractivity contribution in [2.45, 2.75) is 49.3 Å². The molecule has 0 saturated heterocycles. The summed E-state index contributed by atoms with van der Waals surface area (Å²) >= 11 is 0. The highest BCUT2D eigenvalue weighted by Gasteiger charge is 2.51. The number of allylic oxidation sites excluding steroid dienone is 1. The Labute approximate surface area is 198 Å². The van der Waals surface area contributed by atoms with E-state index in [0.29, 0.717) is 28.1 Å². The van der Waals surface area contributed by atoms with Crippen molar-refractivity contribution < 1.29 is 27.2 Å². The zero-order valence-corrected chi connectivity index (χ0v) is 18.4. The molecule has 0 saturated carbocycles. The van der Waals surface area contributed by atoms with Crippen LogP contribution in [0.5, 0.6) is 0 Å². The van der Waals surface area contributed by atoms with Crippen LogP contribution >= 0.6 is 0 Å². The third-order valence-corrected chi connectivity index (χ3v) is 7.44. The molecule has 4 atom stereocenters. The largest absolute Gasteiger partial charge is 0.382 e. The maximum atomic E-state index is 15.0. The lowest BCUT2D eigenvalue weighted by Gasteiger charge is -2.31. The molecule has 35 heavy (non-hydrogen) atoms. The molecule has 0 fully saturated rings. The summed E-state index contributed by atoms with van der Waals surface area (Å²) in [7, 11) is 0. The Kier molecular flexibility index (Phi) is 4.84. The number of aliphatic hydroxyl groups excluding tert-OH is 1. The summed E-state index contributed by atoms with van der Waals surface area (Å²) in [6.45, 7) is 0. The number of rotatable bonds is 2. The summed E-state index contributed by atoms with van der Waals surface area (Å²) in [6, 6.07) is 7.56. The fraction of sp³-hybridized carbons (Fsp3) is 0.296. The van der Waals surface area contributed by atoms with Crippen molar-refractivity contribution in [2.24, 2.45) is 4.99 Å². The Balaban J connectivity index is 1.55. The summed E-state index contributed by atoms with van der Waals surface area (Å²) in [4.78, 5) is 4.38. The van der Waals surface area contributed by atoms with E-state index in [-0.39, 0.29) is 29.5 Å². The van der Waals surface area contributed by atoms with E-state index in [1.807, 2.05) is 24.4 Å². The molecule has 2 aromatic carbocycles.